The monoisotopic (exact) mass is 403 g/mol. The fourth-order valence-corrected chi connectivity index (χ4v) is 4.12. The van der Waals surface area contributed by atoms with E-state index in [-0.39, 0.29) is 49.8 Å². The second-order valence-electron chi connectivity index (χ2n) is 7.48. The summed E-state index contributed by atoms with van der Waals surface area (Å²) >= 11 is 0. The van der Waals surface area contributed by atoms with Crippen molar-refractivity contribution in [3.8, 4) is 0 Å². The van der Waals surface area contributed by atoms with Crippen molar-refractivity contribution in [1.29, 1.82) is 0 Å². The van der Waals surface area contributed by atoms with Crippen LogP contribution in [0.15, 0.2) is 29.8 Å². The van der Waals surface area contributed by atoms with Gasteiger partial charge in [0.15, 0.2) is 11.6 Å². The second kappa shape index (κ2) is 9.60. The Kier molecular flexibility index (Phi) is 7.15. The van der Waals surface area contributed by atoms with E-state index in [1.165, 1.54) is 0 Å². The first-order valence-corrected chi connectivity index (χ1v) is 9.96. The standard InChI is InChI=1S/C21H29N3O5/c1-24-17-4-2-13(19(27)12-22-6-8-25)10-15(17)20(28)16-11-14(3-5-18(16)24)21(29)23-7-9-26/h2,4,10-11,16,18,21-23,25-26,29H,3,5-9,12H2,1H3. The largest absolute Gasteiger partial charge is 0.395 e. The number of anilines is 1. The maximum Gasteiger partial charge on any atom is 0.176 e. The minimum Gasteiger partial charge on any atom is -0.395 e. The summed E-state index contributed by atoms with van der Waals surface area (Å²) in [6, 6.07) is 5.21. The van der Waals surface area contributed by atoms with Crippen LogP contribution in [0.25, 0.3) is 0 Å². The summed E-state index contributed by atoms with van der Waals surface area (Å²) in [5.74, 6) is -0.574. The van der Waals surface area contributed by atoms with Crippen molar-refractivity contribution in [3.63, 3.8) is 0 Å². The molecule has 1 aliphatic carbocycles. The summed E-state index contributed by atoms with van der Waals surface area (Å²) in [6.07, 6.45) is 2.36. The van der Waals surface area contributed by atoms with Crippen LogP contribution >= 0.6 is 0 Å². The third-order valence-corrected chi connectivity index (χ3v) is 5.68. The molecular formula is C21H29N3O5. The third kappa shape index (κ3) is 4.57. The van der Waals surface area contributed by atoms with Crippen LogP contribution < -0.4 is 15.5 Å². The summed E-state index contributed by atoms with van der Waals surface area (Å²) in [7, 11) is 1.95. The van der Waals surface area contributed by atoms with Crippen molar-refractivity contribution >= 4 is 17.3 Å². The molecule has 0 amide bonds. The first-order valence-electron chi connectivity index (χ1n) is 9.96. The zero-order chi connectivity index (χ0) is 21.0. The average Bonchev–Trinajstić information content (AvgIpc) is 2.75. The molecule has 0 bridgehead atoms. The average molecular weight is 403 g/mol. The zero-order valence-electron chi connectivity index (χ0n) is 16.6. The number of Topliss-reactive ketones (excluding diaryl/α,β-unsaturated/α-hetero) is 2. The number of nitrogens with zero attached hydrogens (tertiary/aromatic N) is 1. The van der Waals surface area contributed by atoms with Gasteiger partial charge in [0.2, 0.25) is 0 Å². The molecule has 0 saturated heterocycles. The molecular weight excluding hydrogens is 374 g/mol. The van der Waals surface area contributed by atoms with Gasteiger partial charge in [-0.3, -0.25) is 14.9 Å². The molecule has 0 aromatic heterocycles. The Morgan fingerprint density at radius 1 is 1.28 bits per heavy atom. The molecule has 3 rings (SSSR count). The van der Waals surface area contributed by atoms with E-state index in [1.54, 1.807) is 12.1 Å². The van der Waals surface area contributed by atoms with Crippen LogP contribution in [-0.2, 0) is 0 Å². The van der Waals surface area contributed by atoms with Crippen LogP contribution in [0.3, 0.4) is 0 Å². The number of aliphatic hydroxyl groups is 3. The van der Waals surface area contributed by atoms with Gasteiger partial charge in [-0.1, -0.05) is 6.08 Å². The van der Waals surface area contributed by atoms with E-state index in [4.69, 9.17) is 10.2 Å². The van der Waals surface area contributed by atoms with Gasteiger partial charge < -0.3 is 25.5 Å². The van der Waals surface area contributed by atoms with Crippen molar-refractivity contribution in [1.82, 2.24) is 10.6 Å². The number of ketones is 2. The number of rotatable bonds is 9. The summed E-state index contributed by atoms with van der Waals surface area (Å²) in [6.45, 7) is 0.594. The van der Waals surface area contributed by atoms with Gasteiger partial charge in [0.25, 0.3) is 0 Å². The lowest BCUT2D eigenvalue weighted by Gasteiger charge is -2.42. The summed E-state index contributed by atoms with van der Waals surface area (Å²) in [5, 5.41) is 33.7. The van der Waals surface area contributed by atoms with Crippen LogP contribution in [0.1, 0.15) is 33.6 Å². The lowest BCUT2D eigenvalue weighted by atomic mass is 9.76. The molecule has 0 fully saturated rings. The van der Waals surface area contributed by atoms with E-state index in [2.05, 4.69) is 15.5 Å². The molecule has 0 saturated carbocycles. The number of carbonyl (C=O) groups excluding carboxylic acids is 2. The van der Waals surface area contributed by atoms with Crippen LogP contribution in [0, 0.1) is 5.92 Å². The number of hydrogen-bond donors (Lipinski definition) is 5. The number of fused-ring (bicyclic) bond motifs is 2. The van der Waals surface area contributed by atoms with Gasteiger partial charge in [-0.15, -0.1) is 0 Å². The van der Waals surface area contributed by atoms with E-state index in [0.717, 1.165) is 17.7 Å². The van der Waals surface area contributed by atoms with Gasteiger partial charge >= 0.3 is 0 Å². The highest BCUT2D eigenvalue weighted by Crippen LogP contribution is 2.39. The summed E-state index contributed by atoms with van der Waals surface area (Å²) in [4.78, 5) is 27.7. The Bertz CT molecular complexity index is 795. The highest BCUT2D eigenvalue weighted by Gasteiger charge is 2.40. The Balaban J connectivity index is 1.84. The molecule has 2 aliphatic rings. The van der Waals surface area contributed by atoms with Crippen LogP contribution in [0.5, 0.6) is 0 Å². The van der Waals surface area contributed by atoms with Crippen molar-refractivity contribution in [2.45, 2.75) is 25.1 Å². The molecule has 1 aromatic rings. The molecule has 3 atom stereocenters. The van der Waals surface area contributed by atoms with Gasteiger partial charge in [0.1, 0.15) is 6.23 Å². The third-order valence-electron chi connectivity index (χ3n) is 5.68. The molecule has 3 unspecified atom stereocenters. The Labute approximate surface area is 170 Å². The molecule has 8 heteroatoms. The lowest BCUT2D eigenvalue weighted by molar-refractivity contribution is 0.0906. The fourth-order valence-electron chi connectivity index (χ4n) is 4.12. The molecule has 0 radical (unpaired) electrons. The zero-order valence-corrected chi connectivity index (χ0v) is 16.6. The van der Waals surface area contributed by atoms with E-state index >= 15 is 0 Å². The highest BCUT2D eigenvalue weighted by molar-refractivity contribution is 6.09. The van der Waals surface area contributed by atoms with Crippen molar-refractivity contribution in [2.24, 2.45) is 5.92 Å². The lowest BCUT2D eigenvalue weighted by Crippen LogP contribution is -2.48. The summed E-state index contributed by atoms with van der Waals surface area (Å²) < 4.78 is 0. The highest BCUT2D eigenvalue weighted by atomic mass is 16.3. The molecule has 158 valence electrons. The fraction of sp³-hybridized carbons (Fsp3) is 0.524. The normalized spacial score (nSPS) is 22.0. The molecule has 5 N–H and O–H groups in total. The van der Waals surface area contributed by atoms with Crippen molar-refractivity contribution < 1.29 is 24.9 Å². The van der Waals surface area contributed by atoms with Crippen LogP contribution in [0.2, 0.25) is 0 Å². The first-order chi connectivity index (χ1) is 14.0. The van der Waals surface area contributed by atoms with E-state index < -0.39 is 6.23 Å². The van der Waals surface area contributed by atoms with Gasteiger partial charge in [-0.05, 0) is 36.6 Å². The number of aliphatic hydroxyl groups excluding tert-OH is 3. The smallest absolute Gasteiger partial charge is 0.176 e. The number of carbonyl (C=O) groups is 2. The van der Waals surface area contributed by atoms with Gasteiger partial charge in [0.05, 0.1) is 25.7 Å². The second-order valence-corrected chi connectivity index (χ2v) is 7.48. The Morgan fingerprint density at radius 2 is 2.03 bits per heavy atom. The minimum absolute atomic E-state index is 0.0107. The van der Waals surface area contributed by atoms with Crippen LogP contribution in [-0.4, -0.2) is 79.1 Å². The number of benzene rings is 1. The maximum atomic E-state index is 13.2. The SMILES string of the molecule is CN1c2ccc(C(=O)CNCCO)cc2C(=O)C2C=C(C(O)NCCO)CCC21. The Hall–Kier alpha value is -2.10. The predicted molar refractivity (Wildman–Crippen MR) is 109 cm³/mol. The summed E-state index contributed by atoms with van der Waals surface area (Å²) in [5.41, 5.74) is 2.54. The Morgan fingerprint density at radius 3 is 2.76 bits per heavy atom. The number of hydrogen-bond acceptors (Lipinski definition) is 8. The molecule has 1 aromatic carbocycles. The number of nitrogens with one attached hydrogen (secondary N) is 2. The van der Waals surface area contributed by atoms with Gasteiger partial charge in [-0.2, -0.15) is 0 Å². The maximum absolute atomic E-state index is 13.2. The first kappa shape index (κ1) is 21.6. The minimum atomic E-state index is -0.881. The van der Waals surface area contributed by atoms with Gasteiger partial charge in [0, 0.05) is 43.0 Å². The van der Waals surface area contributed by atoms with E-state index in [9.17, 15) is 14.7 Å². The van der Waals surface area contributed by atoms with Crippen molar-refractivity contribution in [2.75, 3.05) is 44.8 Å². The topological polar surface area (TPSA) is 122 Å². The predicted octanol–water partition coefficient (Wildman–Crippen LogP) is -0.311. The molecule has 29 heavy (non-hydrogen) atoms. The van der Waals surface area contributed by atoms with Crippen LogP contribution in [0.4, 0.5) is 5.69 Å². The van der Waals surface area contributed by atoms with Crippen molar-refractivity contribution in [3.05, 3.63) is 41.0 Å². The molecule has 8 nitrogen and oxygen atoms in total. The molecule has 1 aliphatic heterocycles. The van der Waals surface area contributed by atoms with E-state index in [0.29, 0.717) is 24.1 Å². The quantitative estimate of drug-likeness (QED) is 0.165. The van der Waals surface area contributed by atoms with E-state index in [1.807, 2.05) is 19.2 Å². The molecule has 1 heterocycles. The van der Waals surface area contributed by atoms with Gasteiger partial charge in [-0.25, -0.2) is 0 Å². The molecule has 0 spiro atoms.